The van der Waals surface area contributed by atoms with Crippen LogP contribution in [0.1, 0.15) is 24.8 Å². The Bertz CT molecular complexity index is 402. The standard InChI is InChI=1S/C13H11F/c1-2-12-7-13(8-12,9-12)10-3-5-11(14)6-4-10/h1,3-6H,7-9H2. The van der Waals surface area contributed by atoms with E-state index in [9.17, 15) is 4.39 Å². The molecule has 0 saturated heterocycles. The summed E-state index contributed by atoms with van der Waals surface area (Å²) in [6.07, 6.45) is 8.76. The Morgan fingerprint density at radius 2 is 1.71 bits per heavy atom. The summed E-state index contributed by atoms with van der Waals surface area (Å²) >= 11 is 0. The molecule has 0 amide bonds. The van der Waals surface area contributed by atoms with Crippen LogP contribution in [0.2, 0.25) is 0 Å². The maximum absolute atomic E-state index is 12.7. The molecule has 0 unspecified atom stereocenters. The van der Waals surface area contributed by atoms with Gasteiger partial charge in [-0.15, -0.1) is 6.42 Å². The predicted molar refractivity (Wildman–Crippen MR) is 53.2 cm³/mol. The fourth-order valence-corrected chi connectivity index (χ4v) is 3.05. The lowest BCUT2D eigenvalue weighted by atomic mass is 9.34. The first-order valence-electron chi connectivity index (χ1n) is 4.92. The number of rotatable bonds is 1. The van der Waals surface area contributed by atoms with E-state index >= 15 is 0 Å². The highest BCUT2D eigenvalue weighted by Crippen LogP contribution is 2.73. The smallest absolute Gasteiger partial charge is 0.123 e. The van der Waals surface area contributed by atoms with Crippen LogP contribution in [0.15, 0.2) is 24.3 Å². The largest absolute Gasteiger partial charge is 0.207 e. The SMILES string of the molecule is C#CC12CC(c3ccc(F)cc3)(C1)C2. The molecule has 0 aliphatic heterocycles. The molecule has 2 bridgehead atoms. The second kappa shape index (κ2) is 2.20. The Labute approximate surface area is 83.1 Å². The zero-order valence-electron chi connectivity index (χ0n) is 7.89. The molecule has 3 saturated carbocycles. The van der Waals surface area contributed by atoms with Gasteiger partial charge in [0.1, 0.15) is 5.82 Å². The maximum Gasteiger partial charge on any atom is 0.123 e. The van der Waals surface area contributed by atoms with Gasteiger partial charge in [0.2, 0.25) is 0 Å². The third kappa shape index (κ3) is 0.792. The zero-order valence-corrected chi connectivity index (χ0v) is 7.89. The molecule has 0 nitrogen and oxygen atoms in total. The second-order valence-corrected chi connectivity index (χ2v) is 4.74. The molecule has 3 aliphatic rings. The van der Waals surface area contributed by atoms with Gasteiger partial charge in [0.25, 0.3) is 0 Å². The highest BCUT2D eigenvalue weighted by Gasteiger charge is 2.67. The molecule has 70 valence electrons. The van der Waals surface area contributed by atoms with Crippen LogP contribution in [0.25, 0.3) is 0 Å². The van der Waals surface area contributed by atoms with E-state index in [-0.39, 0.29) is 11.2 Å². The molecule has 1 aromatic rings. The lowest BCUT2D eigenvalue weighted by Gasteiger charge is -2.68. The normalized spacial score (nSPS) is 38.0. The molecule has 4 rings (SSSR count). The van der Waals surface area contributed by atoms with Crippen molar-refractivity contribution in [3.8, 4) is 12.3 Å². The summed E-state index contributed by atoms with van der Waals surface area (Å²) in [7, 11) is 0. The monoisotopic (exact) mass is 186 g/mol. The first-order valence-corrected chi connectivity index (χ1v) is 4.92. The van der Waals surface area contributed by atoms with Crippen molar-refractivity contribution in [2.45, 2.75) is 24.7 Å². The molecular weight excluding hydrogens is 175 g/mol. The minimum Gasteiger partial charge on any atom is -0.207 e. The van der Waals surface area contributed by atoms with Crippen molar-refractivity contribution in [1.29, 1.82) is 0 Å². The van der Waals surface area contributed by atoms with Gasteiger partial charge in [-0.05, 0) is 42.4 Å². The predicted octanol–water partition coefficient (Wildman–Crippen LogP) is 2.88. The Kier molecular flexibility index (Phi) is 1.27. The quantitative estimate of drug-likeness (QED) is 0.591. The van der Waals surface area contributed by atoms with Crippen LogP contribution in [0, 0.1) is 23.6 Å². The summed E-state index contributed by atoms with van der Waals surface area (Å²) < 4.78 is 12.7. The van der Waals surface area contributed by atoms with Gasteiger partial charge in [0.05, 0.1) is 0 Å². The molecule has 0 radical (unpaired) electrons. The highest BCUT2D eigenvalue weighted by atomic mass is 19.1. The van der Waals surface area contributed by atoms with Gasteiger partial charge in [-0.2, -0.15) is 0 Å². The first-order chi connectivity index (χ1) is 6.68. The minimum absolute atomic E-state index is 0.160. The molecule has 0 spiro atoms. The maximum atomic E-state index is 12.7. The Balaban J connectivity index is 1.88. The number of hydrogen-bond acceptors (Lipinski definition) is 0. The molecule has 3 fully saturated rings. The van der Waals surface area contributed by atoms with Crippen LogP contribution >= 0.6 is 0 Å². The van der Waals surface area contributed by atoms with Crippen molar-refractivity contribution in [1.82, 2.24) is 0 Å². The molecule has 0 N–H and O–H groups in total. The van der Waals surface area contributed by atoms with Gasteiger partial charge in [0.15, 0.2) is 0 Å². The average Bonchev–Trinajstić information content (AvgIpc) is 2.04. The van der Waals surface area contributed by atoms with E-state index in [1.165, 1.54) is 17.7 Å². The number of benzene rings is 1. The summed E-state index contributed by atoms with van der Waals surface area (Å²) in [5, 5.41) is 0. The zero-order chi connectivity index (χ0) is 9.81. The molecule has 3 aliphatic carbocycles. The number of terminal acetylenes is 1. The van der Waals surface area contributed by atoms with Gasteiger partial charge in [-0.25, -0.2) is 4.39 Å². The fraction of sp³-hybridized carbons (Fsp3) is 0.385. The van der Waals surface area contributed by atoms with Crippen molar-refractivity contribution in [3.63, 3.8) is 0 Å². The highest BCUT2D eigenvalue weighted by molar-refractivity contribution is 5.43. The van der Waals surface area contributed by atoms with E-state index < -0.39 is 0 Å². The fourth-order valence-electron chi connectivity index (χ4n) is 3.05. The van der Waals surface area contributed by atoms with Crippen molar-refractivity contribution < 1.29 is 4.39 Å². The van der Waals surface area contributed by atoms with Crippen molar-refractivity contribution in [2.24, 2.45) is 5.41 Å². The van der Waals surface area contributed by atoms with Crippen molar-refractivity contribution >= 4 is 0 Å². The van der Waals surface area contributed by atoms with E-state index in [4.69, 9.17) is 6.42 Å². The van der Waals surface area contributed by atoms with E-state index in [1.54, 1.807) is 0 Å². The first kappa shape index (κ1) is 8.05. The Morgan fingerprint density at radius 1 is 1.14 bits per heavy atom. The Hall–Kier alpha value is -1.29. The summed E-state index contributed by atoms with van der Waals surface area (Å²) in [5.41, 5.74) is 1.77. The molecule has 1 aromatic carbocycles. The minimum atomic E-state index is -0.160. The van der Waals surface area contributed by atoms with Crippen LogP contribution < -0.4 is 0 Å². The van der Waals surface area contributed by atoms with E-state index in [0.717, 1.165) is 19.3 Å². The molecule has 0 heterocycles. The molecular formula is C13H11F. The second-order valence-electron chi connectivity index (χ2n) is 4.74. The van der Waals surface area contributed by atoms with Crippen molar-refractivity contribution in [2.75, 3.05) is 0 Å². The van der Waals surface area contributed by atoms with Crippen LogP contribution in [0.4, 0.5) is 4.39 Å². The Morgan fingerprint density at radius 3 is 2.21 bits per heavy atom. The third-order valence-corrected chi connectivity index (χ3v) is 3.79. The lowest BCUT2D eigenvalue weighted by molar-refractivity contribution is -0.0911. The molecule has 14 heavy (non-hydrogen) atoms. The van der Waals surface area contributed by atoms with Gasteiger partial charge >= 0.3 is 0 Å². The van der Waals surface area contributed by atoms with Gasteiger partial charge < -0.3 is 0 Å². The lowest BCUT2D eigenvalue weighted by Crippen LogP contribution is -2.63. The molecule has 0 atom stereocenters. The third-order valence-electron chi connectivity index (χ3n) is 3.79. The van der Waals surface area contributed by atoms with Gasteiger partial charge in [-0.1, -0.05) is 18.1 Å². The molecule has 1 heteroatoms. The van der Waals surface area contributed by atoms with Crippen LogP contribution in [0.3, 0.4) is 0 Å². The summed E-state index contributed by atoms with van der Waals surface area (Å²) in [6, 6.07) is 6.88. The van der Waals surface area contributed by atoms with E-state index in [0.29, 0.717) is 5.41 Å². The van der Waals surface area contributed by atoms with E-state index in [2.05, 4.69) is 5.92 Å². The van der Waals surface area contributed by atoms with Gasteiger partial charge in [-0.3, -0.25) is 0 Å². The van der Waals surface area contributed by atoms with E-state index in [1.807, 2.05) is 12.1 Å². The van der Waals surface area contributed by atoms with Crippen LogP contribution in [0.5, 0.6) is 0 Å². The van der Waals surface area contributed by atoms with Crippen LogP contribution in [-0.2, 0) is 5.41 Å². The molecule has 0 aromatic heterocycles. The summed E-state index contributed by atoms with van der Waals surface area (Å²) in [4.78, 5) is 0. The summed E-state index contributed by atoms with van der Waals surface area (Å²) in [6.45, 7) is 0. The average molecular weight is 186 g/mol. The van der Waals surface area contributed by atoms with Crippen LogP contribution in [-0.4, -0.2) is 0 Å². The van der Waals surface area contributed by atoms with Crippen molar-refractivity contribution in [3.05, 3.63) is 35.6 Å². The number of halogens is 1. The van der Waals surface area contributed by atoms with Gasteiger partial charge in [0, 0.05) is 5.41 Å². The summed E-state index contributed by atoms with van der Waals surface area (Å²) in [5.74, 6) is 2.72. The topological polar surface area (TPSA) is 0 Å². The number of hydrogen-bond donors (Lipinski definition) is 0.